The molecule has 1 heterocycles. The van der Waals surface area contributed by atoms with E-state index in [2.05, 4.69) is 4.98 Å². The maximum absolute atomic E-state index is 11.2. The summed E-state index contributed by atoms with van der Waals surface area (Å²) in [7, 11) is 1.40. The fraction of sp³-hybridized carbons (Fsp3) is 0.0769. The smallest absolute Gasteiger partial charge is 0.355 e. The van der Waals surface area contributed by atoms with Crippen molar-refractivity contribution in [3.63, 3.8) is 0 Å². The molecule has 1 aromatic heterocycles. The Labute approximate surface area is 104 Å². The molecule has 0 fully saturated rings. The summed E-state index contributed by atoms with van der Waals surface area (Å²) in [5.74, 6) is -1.00. The number of methoxy groups -OCH3 is 1. The van der Waals surface area contributed by atoms with Gasteiger partial charge in [-0.15, -0.1) is 0 Å². The lowest BCUT2D eigenvalue weighted by Gasteiger charge is -2.10. The zero-order chi connectivity index (χ0) is 13.1. The highest BCUT2D eigenvalue weighted by molar-refractivity contribution is 5.95. The first-order chi connectivity index (χ1) is 8.63. The van der Waals surface area contributed by atoms with Gasteiger partial charge in [-0.3, -0.25) is 0 Å². The van der Waals surface area contributed by atoms with Crippen molar-refractivity contribution in [1.29, 1.82) is 0 Å². The number of carbonyl (C=O) groups is 1. The summed E-state index contributed by atoms with van der Waals surface area (Å²) in [5, 5.41) is 9.18. The fourth-order valence-electron chi connectivity index (χ4n) is 1.68. The lowest BCUT2D eigenvalue weighted by molar-refractivity contribution is 0.0690. The van der Waals surface area contributed by atoms with Crippen molar-refractivity contribution < 1.29 is 14.6 Å². The Kier molecular flexibility index (Phi) is 3.14. The van der Waals surface area contributed by atoms with E-state index < -0.39 is 5.97 Å². The van der Waals surface area contributed by atoms with Gasteiger partial charge in [-0.2, -0.15) is 0 Å². The standard InChI is InChI=1S/C13H12N2O3/c1-18-12-10(14)7-9(11(15-12)13(16)17)8-5-3-2-4-6-8/h2-7H,14H2,1H3,(H,16,17). The van der Waals surface area contributed by atoms with Crippen LogP contribution in [0, 0.1) is 0 Å². The van der Waals surface area contributed by atoms with E-state index in [0.29, 0.717) is 11.3 Å². The Morgan fingerprint density at radius 1 is 1.33 bits per heavy atom. The van der Waals surface area contributed by atoms with Gasteiger partial charge >= 0.3 is 5.97 Å². The monoisotopic (exact) mass is 244 g/mol. The Morgan fingerprint density at radius 3 is 2.56 bits per heavy atom. The maximum atomic E-state index is 11.2. The van der Waals surface area contributed by atoms with Crippen molar-refractivity contribution in [2.75, 3.05) is 12.8 Å². The minimum Gasteiger partial charge on any atom is -0.480 e. The van der Waals surface area contributed by atoms with Gasteiger partial charge in [-0.05, 0) is 11.6 Å². The van der Waals surface area contributed by atoms with Crippen LogP contribution in [0.1, 0.15) is 10.5 Å². The van der Waals surface area contributed by atoms with Crippen LogP contribution in [-0.2, 0) is 0 Å². The van der Waals surface area contributed by atoms with Crippen molar-refractivity contribution in [2.24, 2.45) is 0 Å². The number of carboxylic acids is 1. The molecule has 0 radical (unpaired) electrons. The second-order valence-electron chi connectivity index (χ2n) is 3.65. The van der Waals surface area contributed by atoms with Crippen LogP contribution >= 0.6 is 0 Å². The van der Waals surface area contributed by atoms with Gasteiger partial charge in [0.05, 0.1) is 12.8 Å². The van der Waals surface area contributed by atoms with Gasteiger partial charge in [0.15, 0.2) is 5.69 Å². The van der Waals surface area contributed by atoms with Gasteiger partial charge in [0.25, 0.3) is 0 Å². The van der Waals surface area contributed by atoms with Gasteiger partial charge in [0, 0.05) is 5.56 Å². The summed E-state index contributed by atoms with van der Waals surface area (Å²) in [6, 6.07) is 10.7. The molecule has 5 nitrogen and oxygen atoms in total. The Balaban J connectivity index is 2.66. The minimum absolute atomic E-state index is 0.0766. The quantitative estimate of drug-likeness (QED) is 0.862. The molecule has 0 unspecified atom stereocenters. The normalized spacial score (nSPS) is 10.1. The highest BCUT2D eigenvalue weighted by Gasteiger charge is 2.17. The first kappa shape index (κ1) is 11.9. The molecule has 1 aromatic carbocycles. The van der Waals surface area contributed by atoms with Crippen molar-refractivity contribution in [2.45, 2.75) is 0 Å². The third kappa shape index (κ3) is 2.10. The summed E-state index contributed by atoms with van der Waals surface area (Å²) in [5.41, 5.74) is 7.21. The molecule has 18 heavy (non-hydrogen) atoms. The van der Waals surface area contributed by atoms with Crippen LogP contribution in [-0.4, -0.2) is 23.2 Å². The first-order valence-electron chi connectivity index (χ1n) is 5.26. The van der Waals surface area contributed by atoms with Crippen LogP contribution in [0.15, 0.2) is 36.4 Å². The molecule has 92 valence electrons. The molecular formula is C13H12N2O3. The number of ether oxygens (including phenoxy) is 1. The number of hydrogen-bond acceptors (Lipinski definition) is 4. The largest absolute Gasteiger partial charge is 0.480 e. The third-order valence-electron chi connectivity index (χ3n) is 2.50. The number of benzene rings is 1. The van der Waals surface area contributed by atoms with Gasteiger partial charge in [0.2, 0.25) is 5.88 Å². The SMILES string of the molecule is COc1nc(C(=O)O)c(-c2ccccc2)cc1N. The van der Waals surface area contributed by atoms with Crippen molar-refractivity contribution >= 4 is 11.7 Å². The van der Waals surface area contributed by atoms with E-state index in [-0.39, 0.29) is 11.6 Å². The second-order valence-corrected chi connectivity index (χ2v) is 3.65. The average Bonchev–Trinajstić information content (AvgIpc) is 2.39. The molecule has 0 spiro atoms. The van der Waals surface area contributed by atoms with Crippen LogP contribution < -0.4 is 10.5 Å². The molecule has 0 saturated heterocycles. The number of aromatic nitrogens is 1. The average molecular weight is 244 g/mol. The highest BCUT2D eigenvalue weighted by atomic mass is 16.5. The third-order valence-corrected chi connectivity index (χ3v) is 2.50. The molecule has 0 amide bonds. The van der Waals surface area contributed by atoms with Gasteiger partial charge in [-0.25, -0.2) is 9.78 Å². The number of rotatable bonds is 3. The van der Waals surface area contributed by atoms with E-state index in [0.717, 1.165) is 5.56 Å². The Morgan fingerprint density at radius 2 is 2.00 bits per heavy atom. The van der Waals surface area contributed by atoms with E-state index in [1.54, 1.807) is 18.2 Å². The van der Waals surface area contributed by atoms with Crippen LogP contribution in [0.25, 0.3) is 11.1 Å². The molecule has 0 saturated carbocycles. The summed E-state index contributed by atoms with van der Waals surface area (Å²) >= 11 is 0. The first-order valence-corrected chi connectivity index (χ1v) is 5.26. The molecule has 2 rings (SSSR count). The highest BCUT2D eigenvalue weighted by Crippen LogP contribution is 2.29. The number of nitrogens with two attached hydrogens (primary N) is 1. The summed E-state index contributed by atoms with van der Waals surface area (Å²) in [6.45, 7) is 0. The van der Waals surface area contributed by atoms with Crippen molar-refractivity contribution in [3.8, 4) is 17.0 Å². The Bertz CT molecular complexity index is 582. The second kappa shape index (κ2) is 4.75. The van der Waals surface area contributed by atoms with Gasteiger partial charge in [-0.1, -0.05) is 30.3 Å². The number of hydrogen-bond donors (Lipinski definition) is 2. The number of carboxylic acid groups (broad SMARTS) is 1. The van der Waals surface area contributed by atoms with Crippen LogP contribution in [0.4, 0.5) is 5.69 Å². The molecule has 0 aliphatic rings. The topological polar surface area (TPSA) is 85.4 Å². The van der Waals surface area contributed by atoms with Gasteiger partial charge in [0.1, 0.15) is 0 Å². The number of pyridine rings is 1. The zero-order valence-electron chi connectivity index (χ0n) is 9.75. The lowest BCUT2D eigenvalue weighted by Crippen LogP contribution is -2.07. The Hall–Kier alpha value is -2.56. The van der Waals surface area contributed by atoms with Crippen molar-refractivity contribution in [1.82, 2.24) is 4.98 Å². The number of nitrogens with zero attached hydrogens (tertiary/aromatic N) is 1. The van der Waals surface area contributed by atoms with Crippen LogP contribution in [0.2, 0.25) is 0 Å². The number of aromatic carboxylic acids is 1. The lowest BCUT2D eigenvalue weighted by atomic mass is 10.0. The van der Waals surface area contributed by atoms with E-state index in [9.17, 15) is 9.90 Å². The predicted molar refractivity (Wildman–Crippen MR) is 67.6 cm³/mol. The fourth-order valence-corrected chi connectivity index (χ4v) is 1.68. The summed E-state index contributed by atoms with van der Waals surface area (Å²) in [6.07, 6.45) is 0. The van der Waals surface area contributed by atoms with Crippen molar-refractivity contribution in [3.05, 3.63) is 42.1 Å². The molecule has 0 atom stereocenters. The van der Waals surface area contributed by atoms with E-state index in [1.165, 1.54) is 7.11 Å². The van der Waals surface area contributed by atoms with E-state index in [4.69, 9.17) is 10.5 Å². The molecule has 0 bridgehead atoms. The predicted octanol–water partition coefficient (Wildman–Crippen LogP) is 2.04. The van der Waals surface area contributed by atoms with Crippen LogP contribution in [0.5, 0.6) is 5.88 Å². The molecule has 2 aromatic rings. The maximum Gasteiger partial charge on any atom is 0.355 e. The van der Waals surface area contributed by atoms with Crippen LogP contribution in [0.3, 0.4) is 0 Å². The summed E-state index contributed by atoms with van der Waals surface area (Å²) in [4.78, 5) is 15.1. The molecule has 3 N–H and O–H groups in total. The van der Waals surface area contributed by atoms with E-state index in [1.807, 2.05) is 18.2 Å². The molecule has 0 aliphatic heterocycles. The molecule has 0 aliphatic carbocycles. The number of anilines is 1. The molecular weight excluding hydrogens is 232 g/mol. The van der Waals surface area contributed by atoms with E-state index >= 15 is 0 Å². The van der Waals surface area contributed by atoms with Gasteiger partial charge < -0.3 is 15.6 Å². The summed E-state index contributed by atoms with van der Waals surface area (Å²) < 4.78 is 4.93. The number of nitrogen functional groups attached to an aromatic ring is 1. The molecule has 5 heteroatoms. The zero-order valence-corrected chi connectivity index (χ0v) is 9.75. The minimum atomic E-state index is -1.12.